The number of benzene rings is 6. The van der Waals surface area contributed by atoms with Crippen LogP contribution in [-0.4, -0.2) is 12.8 Å². The number of rotatable bonds is 3. The molecule has 320 valence electrons. The highest BCUT2D eigenvalue weighted by atomic mass is 16.3. The van der Waals surface area contributed by atoms with Gasteiger partial charge in [0.25, 0.3) is 6.71 Å². The Balaban J connectivity index is 1.21. The summed E-state index contributed by atoms with van der Waals surface area (Å²) in [6.07, 6.45) is 10.4. The minimum absolute atomic E-state index is 0.0444. The van der Waals surface area contributed by atoms with Gasteiger partial charge in [0, 0.05) is 28.1 Å². The van der Waals surface area contributed by atoms with Crippen molar-refractivity contribution in [1.82, 2.24) is 0 Å². The quantitative estimate of drug-likeness (QED) is 0.165. The second kappa shape index (κ2) is 13.4. The van der Waals surface area contributed by atoms with Gasteiger partial charge in [-0.2, -0.15) is 0 Å². The van der Waals surface area contributed by atoms with Gasteiger partial charge >= 0.3 is 0 Å². The molecule has 0 bridgehead atoms. The van der Waals surface area contributed by atoms with Crippen LogP contribution in [0.15, 0.2) is 131 Å². The first-order valence-electron chi connectivity index (χ1n) is 24.0. The molecule has 0 spiro atoms. The van der Waals surface area contributed by atoms with Crippen LogP contribution in [0, 0.1) is 6.92 Å². The summed E-state index contributed by atoms with van der Waals surface area (Å²) in [7, 11) is 0. The molecule has 0 fully saturated rings. The van der Waals surface area contributed by atoms with Gasteiger partial charge in [-0.25, -0.2) is 0 Å². The number of anilines is 5. The molecule has 0 saturated heterocycles. The maximum Gasteiger partial charge on any atom is 0.252 e. The highest BCUT2D eigenvalue weighted by Gasteiger charge is 2.49. The predicted octanol–water partition coefficient (Wildman–Crippen LogP) is 14.1. The molecule has 12 rings (SSSR count). The van der Waals surface area contributed by atoms with E-state index in [-0.39, 0.29) is 34.4 Å². The summed E-state index contributed by atoms with van der Waals surface area (Å²) in [5, 5.41) is 2.33. The number of para-hydroxylation sites is 1. The Morgan fingerprint density at radius 3 is 1.77 bits per heavy atom. The summed E-state index contributed by atoms with van der Waals surface area (Å²) < 4.78 is 6.66. The third-order valence-electron chi connectivity index (χ3n) is 16.8. The Morgan fingerprint density at radius 2 is 1.09 bits per heavy atom. The van der Waals surface area contributed by atoms with E-state index in [1.54, 1.807) is 0 Å². The molecule has 64 heavy (non-hydrogen) atoms. The molecule has 3 heterocycles. The smallest absolute Gasteiger partial charge is 0.252 e. The zero-order valence-electron chi connectivity index (χ0n) is 39.5. The van der Waals surface area contributed by atoms with E-state index in [1.807, 2.05) is 0 Å². The zero-order chi connectivity index (χ0) is 44.2. The molecule has 1 unspecified atom stereocenters. The molecule has 0 radical (unpaired) electrons. The molecule has 0 amide bonds. The van der Waals surface area contributed by atoms with Crippen LogP contribution >= 0.6 is 0 Å². The lowest BCUT2D eigenvalue weighted by molar-refractivity contribution is 0.332. The second-order valence-electron chi connectivity index (χ2n) is 22.7. The molecular weight excluding hydrogens is 775 g/mol. The van der Waals surface area contributed by atoms with Crippen LogP contribution in [0.3, 0.4) is 0 Å². The van der Waals surface area contributed by atoms with Crippen molar-refractivity contribution < 1.29 is 4.42 Å². The molecule has 3 nitrogen and oxygen atoms in total. The Hall–Kier alpha value is -5.74. The lowest BCUT2D eigenvalue weighted by Crippen LogP contribution is -2.63. The highest BCUT2D eigenvalue weighted by molar-refractivity contribution is 7.00. The van der Waals surface area contributed by atoms with E-state index in [0.717, 1.165) is 23.0 Å². The summed E-state index contributed by atoms with van der Waals surface area (Å²) in [4.78, 5) is 5.47. The third-order valence-corrected chi connectivity index (χ3v) is 16.8. The average molecular weight is 837 g/mol. The predicted molar refractivity (Wildman–Crippen MR) is 274 cm³/mol. The number of hydrogen-bond donors (Lipinski definition) is 0. The van der Waals surface area contributed by atoms with Gasteiger partial charge in [0.15, 0.2) is 0 Å². The highest BCUT2D eigenvalue weighted by Crippen LogP contribution is 2.54. The van der Waals surface area contributed by atoms with Crippen LogP contribution in [0.1, 0.15) is 128 Å². The van der Waals surface area contributed by atoms with E-state index < -0.39 is 0 Å². The minimum atomic E-state index is 0.0444. The van der Waals surface area contributed by atoms with E-state index in [4.69, 9.17) is 4.42 Å². The van der Waals surface area contributed by atoms with Crippen LogP contribution in [0.2, 0.25) is 0 Å². The van der Waals surface area contributed by atoms with Gasteiger partial charge < -0.3 is 14.2 Å². The van der Waals surface area contributed by atoms with Crippen molar-refractivity contribution in [2.75, 3.05) is 9.80 Å². The molecule has 0 saturated carbocycles. The number of furan rings is 1. The van der Waals surface area contributed by atoms with Gasteiger partial charge in [-0.15, -0.1) is 0 Å². The topological polar surface area (TPSA) is 19.6 Å². The molecule has 6 aromatic carbocycles. The Labute approximate surface area is 381 Å². The summed E-state index contributed by atoms with van der Waals surface area (Å²) in [5.74, 6) is 0. The Morgan fingerprint density at radius 1 is 0.531 bits per heavy atom. The van der Waals surface area contributed by atoms with Gasteiger partial charge in [0.1, 0.15) is 11.2 Å². The maximum atomic E-state index is 6.66. The van der Waals surface area contributed by atoms with Crippen molar-refractivity contribution >= 4 is 79.0 Å². The van der Waals surface area contributed by atoms with Crippen molar-refractivity contribution in [1.29, 1.82) is 0 Å². The first-order valence-corrected chi connectivity index (χ1v) is 24.0. The molecule has 4 heteroatoms. The molecule has 1 atom stereocenters. The van der Waals surface area contributed by atoms with Crippen LogP contribution in [0.4, 0.5) is 28.4 Å². The van der Waals surface area contributed by atoms with Gasteiger partial charge in [-0.3, -0.25) is 0 Å². The largest absolute Gasteiger partial charge is 0.456 e. The first kappa shape index (κ1) is 39.8. The van der Waals surface area contributed by atoms with Crippen molar-refractivity contribution in [3.8, 4) is 0 Å². The zero-order valence-corrected chi connectivity index (χ0v) is 39.5. The van der Waals surface area contributed by atoms with Gasteiger partial charge in [0.2, 0.25) is 0 Å². The lowest BCUT2D eigenvalue weighted by Gasteiger charge is -2.50. The summed E-state index contributed by atoms with van der Waals surface area (Å²) >= 11 is 0. The SMILES string of the molecule is CC1=CC=C(c2ccccc2)CC1N1c2cc3c(cc2B2c4cc5c(cc4N(c4cccc6oc7ccccc7c46)c4cc(C)cc1c42)C(C)(C)CCC5(C)C)C(C)(C)CCC3(C)C. The Kier molecular flexibility index (Phi) is 8.35. The van der Waals surface area contributed by atoms with Gasteiger partial charge in [-0.1, -0.05) is 140 Å². The Bertz CT molecular complexity index is 3190. The van der Waals surface area contributed by atoms with Crippen LogP contribution in [0.5, 0.6) is 0 Å². The molecule has 2 aliphatic heterocycles. The minimum Gasteiger partial charge on any atom is -0.456 e. The summed E-state index contributed by atoms with van der Waals surface area (Å²) in [5.41, 5.74) is 24.3. The van der Waals surface area contributed by atoms with Gasteiger partial charge in [0.05, 0.1) is 17.1 Å². The van der Waals surface area contributed by atoms with E-state index in [2.05, 4.69) is 200 Å². The van der Waals surface area contributed by atoms with Gasteiger partial charge in [-0.05, 0) is 165 Å². The lowest BCUT2D eigenvalue weighted by atomic mass is 9.32. The normalized spacial score (nSPS) is 20.8. The molecule has 3 aliphatic carbocycles. The second-order valence-corrected chi connectivity index (χ2v) is 22.7. The van der Waals surface area contributed by atoms with E-state index in [0.29, 0.717) is 0 Å². The monoisotopic (exact) mass is 836 g/mol. The van der Waals surface area contributed by atoms with Crippen molar-refractivity contribution in [3.63, 3.8) is 0 Å². The molecule has 5 aliphatic rings. The van der Waals surface area contributed by atoms with Crippen LogP contribution < -0.4 is 26.2 Å². The molecular formula is C60H61BN2O. The molecule has 1 aromatic heterocycles. The number of fused-ring (bicyclic) bond motifs is 9. The van der Waals surface area contributed by atoms with Crippen molar-refractivity contribution in [2.24, 2.45) is 0 Å². The van der Waals surface area contributed by atoms with E-state index >= 15 is 0 Å². The number of aryl methyl sites for hydroxylation is 1. The fourth-order valence-electron chi connectivity index (χ4n) is 12.8. The molecule has 7 aromatic rings. The number of allylic oxidation sites excluding steroid dienone is 2. The summed E-state index contributed by atoms with van der Waals surface area (Å²) in [6.45, 7) is 24.6. The fourth-order valence-corrected chi connectivity index (χ4v) is 12.8. The van der Waals surface area contributed by atoms with Crippen LogP contribution in [0.25, 0.3) is 27.5 Å². The standard InChI is InChI=1S/C60H61BN2O/c1-36-29-51-56-52(30-36)63(48-31-39(24-23-37(48)2)38-17-12-11-13-18-38)50-35-44-42(58(5,6)26-28-60(44,9)10)33-46(50)61(56)45-32-41-43(59(7,8)27-25-57(41,3)4)34-49(45)62(51)47-20-16-22-54-55(47)40-19-14-15-21-53(40)64-54/h11-24,29-30,32-35,48H,25-28,31H2,1-10H3. The third kappa shape index (κ3) is 5.66. The van der Waals surface area contributed by atoms with Crippen molar-refractivity contribution in [3.05, 3.63) is 160 Å². The van der Waals surface area contributed by atoms with E-state index in [1.165, 1.54) is 120 Å². The van der Waals surface area contributed by atoms with Crippen LogP contribution in [-0.2, 0) is 21.7 Å². The van der Waals surface area contributed by atoms with Crippen molar-refractivity contribution in [2.45, 2.75) is 129 Å². The first-order chi connectivity index (χ1) is 30.5. The number of hydrogen-bond acceptors (Lipinski definition) is 3. The maximum absolute atomic E-state index is 6.66. The number of nitrogens with zero attached hydrogens (tertiary/aromatic N) is 2. The summed E-state index contributed by atoms with van der Waals surface area (Å²) in [6, 6.07) is 42.2. The van der Waals surface area contributed by atoms with E-state index in [9.17, 15) is 0 Å². The molecule has 0 N–H and O–H groups in total. The average Bonchev–Trinajstić information content (AvgIpc) is 3.66. The fraction of sp³-hybridized carbons (Fsp3) is 0.333.